The molecule has 0 saturated heterocycles. The lowest BCUT2D eigenvalue weighted by Gasteiger charge is -2.11. The van der Waals surface area contributed by atoms with Crippen LogP contribution in [0.2, 0.25) is 0 Å². The van der Waals surface area contributed by atoms with Gasteiger partial charge in [-0.1, -0.05) is 0 Å². The minimum Gasteiger partial charge on any atom is -0.467 e. The summed E-state index contributed by atoms with van der Waals surface area (Å²) in [6, 6.07) is 5.56. The van der Waals surface area contributed by atoms with E-state index in [0.29, 0.717) is 5.76 Å². The molecule has 1 amide bonds. The molecule has 1 heterocycles. The van der Waals surface area contributed by atoms with Crippen molar-refractivity contribution in [3.63, 3.8) is 0 Å². The SMILES string of the molecule is CC(NC(=O)c1cc(F)ccc1[N+](=O)[O-])c1ccco1. The number of nitrogens with one attached hydrogen (secondary N) is 1. The van der Waals surface area contributed by atoms with Crippen molar-refractivity contribution in [3.05, 3.63) is 63.9 Å². The van der Waals surface area contributed by atoms with E-state index in [9.17, 15) is 19.3 Å². The topological polar surface area (TPSA) is 85.4 Å². The van der Waals surface area contributed by atoms with Gasteiger partial charge in [0.15, 0.2) is 0 Å². The number of carbonyl (C=O) groups excluding carboxylic acids is 1. The van der Waals surface area contributed by atoms with Crippen LogP contribution in [0.1, 0.15) is 29.1 Å². The van der Waals surface area contributed by atoms with Crippen LogP contribution in [0.5, 0.6) is 0 Å². The highest BCUT2D eigenvalue weighted by molar-refractivity contribution is 5.98. The number of halogens is 1. The second kappa shape index (κ2) is 5.52. The predicted molar refractivity (Wildman–Crippen MR) is 67.6 cm³/mol. The van der Waals surface area contributed by atoms with Crippen molar-refractivity contribution in [2.75, 3.05) is 0 Å². The Hall–Kier alpha value is -2.70. The van der Waals surface area contributed by atoms with Crippen LogP contribution in [0.15, 0.2) is 41.0 Å². The Bertz CT molecular complexity index is 640. The molecular formula is C13H11FN2O4. The van der Waals surface area contributed by atoms with Gasteiger partial charge in [-0.15, -0.1) is 0 Å². The van der Waals surface area contributed by atoms with E-state index in [1.807, 2.05) is 0 Å². The van der Waals surface area contributed by atoms with Crippen molar-refractivity contribution in [1.82, 2.24) is 5.32 Å². The lowest BCUT2D eigenvalue weighted by Crippen LogP contribution is -2.27. The van der Waals surface area contributed by atoms with Gasteiger partial charge < -0.3 is 9.73 Å². The largest absolute Gasteiger partial charge is 0.467 e. The highest BCUT2D eigenvalue weighted by atomic mass is 19.1. The molecule has 0 fully saturated rings. The number of nitro groups is 1. The molecule has 0 saturated carbocycles. The lowest BCUT2D eigenvalue weighted by molar-refractivity contribution is -0.385. The van der Waals surface area contributed by atoms with Crippen LogP contribution in [-0.4, -0.2) is 10.8 Å². The lowest BCUT2D eigenvalue weighted by atomic mass is 10.1. The van der Waals surface area contributed by atoms with Gasteiger partial charge in [-0.3, -0.25) is 14.9 Å². The Morgan fingerprint density at radius 3 is 2.80 bits per heavy atom. The van der Waals surface area contributed by atoms with Gasteiger partial charge in [-0.05, 0) is 31.2 Å². The van der Waals surface area contributed by atoms with Crippen LogP contribution in [0.25, 0.3) is 0 Å². The monoisotopic (exact) mass is 278 g/mol. The first-order valence-corrected chi connectivity index (χ1v) is 5.77. The fraction of sp³-hybridized carbons (Fsp3) is 0.154. The third-order valence-corrected chi connectivity index (χ3v) is 2.72. The number of benzene rings is 1. The molecular weight excluding hydrogens is 267 g/mol. The van der Waals surface area contributed by atoms with E-state index in [1.54, 1.807) is 19.1 Å². The smallest absolute Gasteiger partial charge is 0.282 e. The van der Waals surface area contributed by atoms with Crippen molar-refractivity contribution < 1.29 is 18.5 Å². The minimum absolute atomic E-state index is 0.326. The Morgan fingerprint density at radius 1 is 1.45 bits per heavy atom. The van der Waals surface area contributed by atoms with Crippen LogP contribution in [-0.2, 0) is 0 Å². The van der Waals surface area contributed by atoms with Crippen molar-refractivity contribution in [3.8, 4) is 0 Å². The van der Waals surface area contributed by atoms with Crippen LogP contribution in [0.3, 0.4) is 0 Å². The molecule has 7 heteroatoms. The molecule has 20 heavy (non-hydrogen) atoms. The molecule has 0 spiro atoms. The third kappa shape index (κ3) is 2.82. The average Bonchev–Trinajstić information content (AvgIpc) is 2.92. The molecule has 0 aliphatic rings. The molecule has 2 rings (SSSR count). The second-order valence-electron chi connectivity index (χ2n) is 4.13. The fourth-order valence-corrected chi connectivity index (χ4v) is 1.73. The normalized spacial score (nSPS) is 11.9. The predicted octanol–water partition coefficient (Wildman–Crippen LogP) is 2.82. The first kappa shape index (κ1) is 13.7. The van der Waals surface area contributed by atoms with E-state index in [0.717, 1.165) is 18.2 Å². The quantitative estimate of drug-likeness (QED) is 0.688. The summed E-state index contributed by atoms with van der Waals surface area (Å²) in [7, 11) is 0. The molecule has 6 nitrogen and oxygen atoms in total. The van der Waals surface area contributed by atoms with Gasteiger partial charge in [0.1, 0.15) is 17.1 Å². The minimum atomic E-state index is -0.736. The summed E-state index contributed by atoms with van der Waals surface area (Å²) < 4.78 is 18.3. The number of hydrogen-bond acceptors (Lipinski definition) is 4. The van der Waals surface area contributed by atoms with Gasteiger partial charge in [0.2, 0.25) is 0 Å². The molecule has 1 unspecified atom stereocenters. The summed E-state index contributed by atoms with van der Waals surface area (Å²) in [6.45, 7) is 1.65. The van der Waals surface area contributed by atoms with E-state index in [4.69, 9.17) is 4.42 Å². The fourth-order valence-electron chi connectivity index (χ4n) is 1.73. The van der Waals surface area contributed by atoms with Gasteiger partial charge >= 0.3 is 0 Å². The van der Waals surface area contributed by atoms with E-state index in [1.165, 1.54) is 6.26 Å². The molecule has 1 aromatic heterocycles. The summed E-state index contributed by atoms with van der Waals surface area (Å²) in [6.07, 6.45) is 1.45. The second-order valence-corrected chi connectivity index (χ2v) is 4.13. The van der Waals surface area contributed by atoms with Crippen molar-refractivity contribution in [2.45, 2.75) is 13.0 Å². The van der Waals surface area contributed by atoms with Crippen molar-refractivity contribution in [1.29, 1.82) is 0 Å². The summed E-state index contributed by atoms with van der Waals surface area (Å²) in [4.78, 5) is 22.1. The van der Waals surface area contributed by atoms with Crippen LogP contribution in [0, 0.1) is 15.9 Å². The Labute approximate surface area is 113 Å². The Balaban J connectivity index is 2.25. The number of nitrogens with zero attached hydrogens (tertiary/aromatic N) is 1. The summed E-state index contributed by atoms with van der Waals surface area (Å²) in [5, 5.41) is 13.4. The average molecular weight is 278 g/mol. The third-order valence-electron chi connectivity index (χ3n) is 2.72. The van der Waals surface area contributed by atoms with E-state index in [2.05, 4.69) is 5.32 Å². The first-order chi connectivity index (χ1) is 9.49. The van der Waals surface area contributed by atoms with Gasteiger partial charge in [-0.2, -0.15) is 0 Å². The van der Waals surface area contributed by atoms with Gasteiger partial charge in [0.05, 0.1) is 17.2 Å². The molecule has 104 valence electrons. The standard InChI is InChI=1S/C13H11FN2O4/c1-8(12-3-2-6-20-12)15-13(17)10-7-9(14)4-5-11(10)16(18)19/h2-8H,1H3,(H,15,17). The Kier molecular flexibility index (Phi) is 3.79. The number of nitro benzene ring substituents is 1. The van der Waals surface area contributed by atoms with Gasteiger partial charge in [0.25, 0.3) is 11.6 Å². The zero-order chi connectivity index (χ0) is 14.7. The van der Waals surface area contributed by atoms with Gasteiger partial charge in [-0.25, -0.2) is 4.39 Å². The Morgan fingerprint density at radius 2 is 2.20 bits per heavy atom. The molecule has 0 radical (unpaired) electrons. The summed E-state index contributed by atoms with van der Waals surface area (Å²) in [5.74, 6) is -0.955. The highest BCUT2D eigenvalue weighted by Gasteiger charge is 2.22. The number of rotatable bonds is 4. The molecule has 1 aromatic carbocycles. The van der Waals surface area contributed by atoms with Gasteiger partial charge in [0, 0.05) is 6.07 Å². The van der Waals surface area contributed by atoms with Crippen LogP contribution >= 0.6 is 0 Å². The van der Waals surface area contributed by atoms with Crippen molar-refractivity contribution in [2.24, 2.45) is 0 Å². The maximum atomic E-state index is 13.2. The number of hydrogen-bond donors (Lipinski definition) is 1. The molecule has 0 aliphatic heterocycles. The molecule has 0 aliphatic carbocycles. The highest BCUT2D eigenvalue weighted by Crippen LogP contribution is 2.21. The number of amides is 1. The zero-order valence-corrected chi connectivity index (χ0v) is 10.5. The molecule has 0 bridgehead atoms. The van der Waals surface area contributed by atoms with Crippen molar-refractivity contribution >= 4 is 11.6 Å². The maximum absolute atomic E-state index is 13.2. The molecule has 2 aromatic rings. The first-order valence-electron chi connectivity index (χ1n) is 5.77. The number of carbonyl (C=O) groups is 1. The number of furan rings is 1. The summed E-state index contributed by atoms with van der Waals surface area (Å²) in [5.41, 5.74) is -0.774. The van der Waals surface area contributed by atoms with Crippen LogP contribution in [0.4, 0.5) is 10.1 Å². The zero-order valence-electron chi connectivity index (χ0n) is 10.5. The molecule has 1 N–H and O–H groups in total. The maximum Gasteiger partial charge on any atom is 0.282 e. The van der Waals surface area contributed by atoms with E-state index in [-0.39, 0.29) is 5.56 Å². The molecule has 1 atom stereocenters. The van der Waals surface area contributed by atoms with E-state index >= 15 is 0 Å². The van der Waals surface area contributed by atoms with Crippen LogP contribution < -0.4 is 5.32 Å². The van der Waals surface area contributed by atoms with E-state index < -0.39 is 28.4 Å². The summed E-state index contributed by atoms with van der Waals surface area (Å²) >= 11 is 0.